The third-order valence-electron chi connectivity index (χ3n) is 8.10. The number of aromatic hydroxyl groups is 1. The minimum absolute atomic E-state index is 0.0169. The Bertz CT molecular complexity index is 1410. The maximum Gasteiger partial charge on any atom is 0.319 e. The van der Waals surface area contributed by atoms with E-state index in [1.165, 1.54) is 4.90 Å². The molecule has 0 bridgehead atoms. The zero-order chi connectivity index (χ0) is 30.7. The van der Waals surface area contributed by atoms with Crippen LogP contribution in [0.4, 0.5) is 16.2 Å². The zero-order valence-corrected chi connectivity index (χ0v) is 23.9. The monoisotopic (exact) mass is 571 g/mol. The van der Waals surface area contributed by atoms with Gasteiger partial charge in [0.2, 0.25) is 5.78 Å². The Hall–Kier alpha value is -4.10. The minimum atomic E-state index is -2.73. The van der Waals surface area contributed by atoms with Gasteiger partial charge in [0.1, 0.15) is 17.1 Å². The number of anilines is 2. The van der Waals surface area contributed by atoms with Crippen molar-refractivity contribution in [1.29, 1.82) is 0 Å². The molecule has 222 valence electrons. The average Bonchev–Trinajstić information content (AvgIpc) is 2.85. The Morgan fingerprint density at radius 1 is 1.15 bits per heavy atom. The van der Waals surface area contributed by atoms with Crippen molar-refractivity contribution in [3.63, 3.8) is 0 Å². The van der Waals surface area contributed by atoms with Crippen molar-refractivity contribution < 1.29 is 39.6 Å². The molecule has 4 rings (SSSR count). The Labute approximate surface area is 237 Å². The Balaban J connectivity index is 1.91. The zero-order valence-electron chi connectivity index (χ0n) is 23.9. The second-order valence-electron chi connectivity index (χ2n) is 11.7. The molecular formula is C28H37N5O8. The molecule has 3 aliphatic rings. The van der Waals surface area contributed by atoms with Gasteiger partial charge in [-0.05, 0) is 50.4 Å². The first-order valence-corrected chi connectivity index (χ1v) is 13.3. The highest BCUT2D eigenvalue weighted by molar-refractivity contribution is 6.24. The minimum Gasteiger partial charge on any atom is -0.508 e. The lowest BCUT2D eigenvalue weighted by molar-refractivity contribution is -0.153. The topological polar surface area (TPSA) is 206 Å². The Morgan fingerprint density at radius 3 is 2.32 bits per heavy atom. The number of aliphatic hydroxyl groups excluding tert-OH is 2. The summed E-state index contributed by atoms with van der Waals surface area (Å²) in [5, 5.41) is 50.7. The summed E-state index contributed by atoms with van der Waals surface area (Å²) < 4.78 is 0. The van der Waals surface area contributed by atoms with Gasteiger partial charge in [-0.1, -0.05) is 13.8 Å². The lowest BCUT2D eigenvalue weighted by Gasteiger charge is -2.50. The van der Waals surface area contributed by atoms with Crippen molar-refractivity contribution in [1.82, 2.24) is 10.2 Å². The molecule has 13 nitrogen and oxygen atoms in total. The van der Waals surface area contributed by atoms with Crippen molar-refractivity contribution in [2.75, 3.05) is 45.0 Å². The number of urea groups is 1. The Morgan fingerprint density at radius 2 is 1.78 bits per heavy atom. The SMILES string of the molecule is CC(C)CNC(=O)Nc1cc(N(C)C)c2c(c1O)C(O)=C1C(=O)[C@]3(O)C(O)=C(C(N)=O)C(=O)C(N(C)C)[C@@H]3C[C@@H]1C2. The van der Waals surface area contributed by atoms with Crippen LogP contribution in [0, 0.1) is 17.8 Å². The van der Waals surface area contributed by atoms with E-state index < -0.39 is 69.8 Å². The van der Waals surface area contributed by atoms with Gasteiger partial charge in [-0.15, -0.1) is 0 Å². The first kappa shape index (κ1) is 29.9. The number of carbonyl (C=O) groups excluding carboxylic acids is 4. The highest BCUT2D eigenvalue weighted by Gasteiger charge is 2.64. The molecule has 0 spiro atoms. The van der Waals surface area contributed by atoms with Crippen molar-refractivity contribution >= 4 is 40.6 Å². The smallest absolute Gasteiger partial charge is 0.319 e. The fourth-order valence-corrected chi connectivity index (χ4v) is 6.25. The van der Waals surface area contributed by atoms with Crippen LogP contribution in [0.25, 0.3) is 5.76 Å². The molecule has 3 amide bonds. The Kier molecular flexibility index (Phi) is 7.56. The lowest BCUT2D eigenvalue weighted by atomic mass is 9.57. The fourth-order valence-electron chi connectivity index (χ4n) is 6.25. The molecule has 3 aliphatic carbocycles. The van der Waals surface area contributed by atoms with E-state index in [9.17, 15) is 39.6 Å². The molecule has 0 aliphatic heterocycles. The number of hydrogen-bond acceptors (Lipinski definition) is 10. The molecule has 1 fully saturated rings. The summed E-state index contributed by atoms with van der Waals surface area (Å²) in [6, 6.07) is -0.186. The third-order valence-corrected chi connectivity index (χ3v) is 8.10. The molecule has 4 atom stereocenters. The second-order valence-corrected chi connectivity index (χ2v) is 11.7. The van der Waals surface area contributed by atoms with E-state index in [-0.39, 0.29) is 35.6 Å². The number of nitrogens with one attached hydrogen (secondary N) is 2. The van der Waals surface area contributed by atoms with Gasteiger partial charge in [0.05, 0.1) is 17.3 Å². The summed E-state index contributed by atoms with van der Waals surface area (Å²) in [7, 11) is 6.57. The molecule has 8 N–H and O–H groups in total. The number of nitrogens with zero attached hydrogens (tertiary/aromatic N) is 2. The molecule has 1 aromatic rings. The van der Waals surface area contributed by atoms with Gasteiger partial charge in [0.25, 0.3) is 5.91 Å². The number of aliphatic hydroxyl groups is 3. The number of phenols is 1. The summed E-state index contributed by atoms with van der Waals surface area (Å²) in [4.78, 5) is 55.1. The summed E-state index contributed by atoms with van der Waals surface area (Å²) in [6.45, 7) is 4.22. The molecule has 1 unspecified atom stereocenters. The molecular weight excluding hydrogens is 534 g/mol. The number of nitrogens with two attached hydrogens (primary N) is 1. The van der Waals surface area contributed by atoms with Gasteiger partial charge in [0.15, 0.2) is 17.1 Å². The summed E-state index contributed by atoms with van der Waals surface area (Å²) in [6.07, 6.45) is 0.117. The predicted molar refractivity (Wildman–Crippen MR) is 150 cm³/mol. The van der Waals surface area contributed by atoms with Crippen LogP contribution in [0.1, 0.15) is 31.4 Å². The number of Topliss-reactive ketones (excluding diaryl/α,β-unsaturated/α-hetero) is 2. The van der Waals surface area contributed by atoms with Crippen LogP contribution in [0.15, 0.2) is 23.0 Å². The van der Waals surface area contributed by atoms with E-state index >= 15 is 0 Å². The molecule has 13 heteroatoms. The molecule has 0 heterocycles. The van der Waals surface area contributed by atoms with Gasteiger partial charge < -0.3 is 41.7 Å². The van der Waals surface area contributed by atoms with Gasteiger partial charge in [0, 0.05) is 37.8 Å². The first-order chi connectivity index (χ1) is 19.0. The van der Waals surface area contributed by atoms with Crippen molar-refractivity contribution in [2.24, 2.45) is 23.5 Å². The van der Waals surface area contributed by atoms with Crippen LogP contribution in [0.5, 0.6) is 5.75 Å². The number of ketones is 2. The highest BCUT2D eigenvalue weighted by Crippen LogP contribution is 2.54. The molecule has 1 aromatic carbocycles. The second kappa shape index (κ2) is 10.4. The van der Waals surface area contributed by atoms with Crippen molar-refractivity contribution in [2.45, 2.75) is 38.3 Å². The summed E-state index contributed by atoms with van der Waals surface area (Å²) in [5.74, 6) is -7.17. The van der Waals surface area contributed by atoms with Crippen LogP contribution < -0.4 is 21.3 Å². The first-order valence-electron chi connectivity index (χ1n) is 13.3. The van der Waals surface area contributed by atoms with Crippen LogP contribution >= 0.6 is 0 Å². The molecule has 0 saturated heterocycles. The van der Waals surface area contributed by atoms with Gasteiger partial charge in [-0.3, -0.25) is 19.3 Å². The number of carbonyl (C=O) groups is 4. The van der Waals surface area contributed by atoms with E-state index in [4.69, 9.17) is 5.73 Å². The standard InChI is InChI=1S/C28H37N5O8/c1-11(2)10-30-27(40)31-15-9-16(32(3)4)13-7-12-8-14-20(33(5)6)23(36)19(26(29)39)25(38)28(14,41)24(37)17(12)22(35)18(13)21(15)34/h9,11-12,14,20,34-35,38,41H,7-8,10H2,1-6H3,(H2,29,39)(H2,30,31,40)/t12-,14-,20?,28-/m0/s1. The number of benzene rings is 1. The van der Waals surface area contributed by atoms with Gasteiger partial charge in [-0.25, -0.2) is 4.79 Å². The van der Waals surface area contributed by atoms with Crippen LogP contribution in [0.2, 0.25) is 0 Å². The molecule has 41 heavy (non-hydrogen) atoms. The van der Waals surface area contributed by atoms with E-state index in [0.717, 1.165) is 0 Å². The molecule has 1 saturated carbocycles. The van der Waals surface area contributed by atoms with Crippen LogP contribution in [-0.2, 0) is 20.8 Å². The number of likely N-dealkylation sites (N-methyl/N-ethyl adjacent to an activating group) is 1. The third kappa shape index (κ3) is 4.58. The lowest BCUT2D eigenvalue weighted by Crippen LogP contribution is -2.65. The number of phenolic OH excluding ortho intramolecular Hbond substituents is 1. The largest absolute Gasteiger partial charge is 0.508 e. The number of primary amides is 1. The highest BCUT2D eigenvalue weighted by atomic mass is 16.3. The maximum absolute atomic E-state index is 14.0. The normalized spacial score (nSPS) is 25.6. The predicted octanol–water partition coefficient (Wildman–Crippen LogP) is 0.808. The quantitative estimate of drug-likeness (QED) is 0.189. The van der Waals surface area contributed by atoms with E-state index in [1.54, 1.807) is 39.2 Å². The van der Waals surface area contributed by atoms with E-state index in [2.05, 4.69) is 10.6 Å². The van der Waals surface area contributed by atoms with Gasteiger partial charge in [-0.2, -0.15) is 0 Å². The van der Waals surface area contributed by atoms with Crippen molar-refractivity contribution in [3.8, 4) is 5.75 Å². The average molecular weight is 572 g/mol. The number of amides is 3. The number of fused-ring (bicyclic) bond motifs is 3. The summed E-state index contributed by atoms with van der Waals surface area (Å²) >= 11 is 0. The van der Waals surface area contributed by atoms with E-state index in [0.29, 0.717) is 17.8 Å². The van der Waals surface area contributed by atoms with Crippen LogP contribution in [0.3, 0.4) is 0 Å². The molecule has 0 aromatic heterocycles. The van der Waals surface area contributed by atoms with E-state index in [1.807, 2.05) is 13.8 Å². The van der Waals surface area contributed by atoms with Crippen molar-refractivity contribution in [3.05, 3.63) is 34.1 Å². The summed E-state index contributed by atoms with van der Waals surface area (Å²) in [5.41, 5.74) is 2.42. The van der Waals surface area contributed by atoms with Crippen LogP contribution in [-0.4, -0.2) is 95.2 Å². The molecule has 0 radical (unpaired) electrons. The number of rotatable bonds is 6. The maximum atomic E-state index is 14.0. The van der Waals surface area contributed by atoms with Gasteiger partial charge >= 0.3 is 6.03 Å². The number of hydrogen-bond donors (Lipinski definition) is 7. The fraction of sp³-hybridized carbons (Fsp3) is 0.500.